The van der Waals surface area contributed by atoms with Crippen LogP contribution in [0.15, 0.2) is 47.5 Å². The summed E-state index contributed by atoms with van der Waals surface area (Å²) in [7, 11) is 0. The smallest absolute Gasteiger partial charge is 0.293 e. The molecule has 1 aromatic heterocycles. The van der Waals surface area contributed by atoms with Gasteiger partial charge in [-0.1, -0.05) is 32.9 Å². The molecule has 1 aliphatic rings. The van der Waals surface area contributed by atoms with Crippen molar-refractivity contribution in [1.29, 1.82) is 0 Å². The molecule has 10 nitrogen and oxygen atoms in total. The second-order valence-corrected chi connectivity index (χ2v) is 9.66. The van der Waals surface area contributed by atoms with Crippen molar-refractivity contribution in [2.45, 2.75) is 38.8 Å². The summed E-state index contributed by atoms with van der Waals surface area (Å²) in [5, 5.41) is 22.3. The number of nitrogens with zero attached hydrogens (tertiary/aromatic N) is 4. The van der Waals surface area contributed by atoms with Gasteiger partial charge in [0.15, 0.2) is 0 Å². The normalized spacial score (nSPS) is 15.3. The predicted molar refractivity (Wildman–Crippen MR) is 132 cm³/mol. The molecule has 35 heavy (non-hydrogen) atoms. The summed E-state index contributed by atoms with van der Waals surface area (Å²) >= 11 is 0. The highest BCUT2D eigenvalue weighted by Gasteiger charge is 2.24. The molecule has 0 saturated carbocycles. The number of morpholine rings is 1. The third-order valence-electron chi connectivity index (χ3n) is 6.04. The second kappa shape index (κ2) is 10.0. The first-order chi connectivity index (χ1) is 16.6. The number of hydrogen-bond acceptors (Lipinski definition) is 8. The van der Waals surface area contributed by atoms with Crippen LogP contribution in [0.25, 0.3) is 10.9 Å². The zero-order chi connectivity index (χ0) is 25.2. The number of fused-ring (bicyclic) bond motifs is 1. The Kier molecular flexibility index (Phi) is 7.04. The first-order valence-electron chi connectivity index (χ1n) is 11.5. The molecule has 186 valence electrons. The van der Waals surface area contributed by atoms with E-state index in [1.807, 2.05) is 29.2 Å². The van der Waals surface area contributed by atoms with Gasteiger partial charge >= 0.3 is 0 Å². The van der Waals surface area contributed by atoms with Crippen LogP contribution in [0.1, 0.15) is 26.3 Å². The van der Waals surface area contributed by atoms with E-state index in [1.54, 1.807) is 6.07 Å². The Bertz CT molecular complexity index is 1260. The van der Waals surface area contributed by atoms with Gasteiger partial charge in [0.1, 0.15) is 24.1 Å². The van der Waals surface area contributed by atoms with Crippen LogP contribution in [-0.4, -0.2) is 58.6 Å². The lowest BCUT2D eigenvalue weighted by Crippen LogP contribution is -2.36. The minimum absolute atomic E-state index is 0.0184. The van der Waals surface area contributed by atoms with Crippen molar-refractivity contribution in [3.8, 4) is 5.75 Å². The summed E-state index contributed by atoms with van der Waals surface area (Å²) in [6.07, 6.45) is 0.373. The van der Waals surface area contributed by atoms with Crippen LogP contribution < -0.4 is 15.2 Å². The van der Waals surface area contributed by atoms with Crippen LogP contribution in [0.2, 0.25) is 0 Å². The summed E-state index contributed by atoms with van der Waals surface area (Å²) in [4.78, 5) is 30.5. The molecule has 0 aliphatic carbocycles. The van der Waals surface area contributed by atoms with Gasteiger partial charge in [0.2, 0.25) is 0 Å². The van der Waals surface area contributed by atoms with E-state index >= 15 is 0 Å². The zero-order valence-electron chi connectivity index (χ0n) is 20.1. The molecule has 1 saturated heterocycles. The van der Waals surface area contributed by atoms with Crippen molar-refractivity contribution >= 4 is 22.3 Å². The topological polar surface area (TPSA) is 120 Å². The average molecular weight is 483 g/mol. The number of benzene rings is 2. The van der Waals surface area contributed by atoms with Crippen molar-refractivity contribution in [2.24, 2.45) is 0 Å². The highest BCUT2D eigenvalue weighted by atomic mass is 16.6. The number of rotatable bonds is 7. The van der Waals surface area contributed by atoms with Crippen LogP contribution in [0, 0.1) is 10.1 Å². The second-order valence-electron chi connectivity index (χ2n) is 9.66. The molecule has 4 rings (SSSR count). The van der Waals surface area contributed by atoms with Crippen molar-refractivity contribution in [2.75, 3.05) is 37.8 Å². The largest absolute Gasteiger partial charge is 0.491 e. The number of aliphatic hydroxyl groups excluding tert-OH is 1. The van der Waals surface area contributed by atoms with Gasteiger partial charge in [0.25, 0.3) is 11.2 Å². The highest BCUT2D eigenvalue weighted by Crippen LogP contribution is 2.32. The van der Waals surface area contributed by atoms with E-state index < -0.39 is 16.6 Å². The maximum Gasteiger partial charge on any atom is 0.293 e. The molecule has 10 heteroatoms. The lowest BCUT2D eigenvalue weighted by Gasteiger charge is -2.28. The lowest BCUT2D eigenvalue weighted by atomic mass is 9.87. The van der Waals surface area contributed by atoms with E-state index in [0.717, 1.165) is 0 Å². The third kappa shape index (κ3) is 5.60. The Labute approximate surface area is 202 Å². The molecule has 0 unspecified atom stereocenters. The van der Waals surface area contributed by atoms with Gasteiger partial charge in [-0.2, -0.15) is 0 Å². The molecule has 1 atom stereocenters. The van der Waals surface area contributed by atoms with E-state index in [4.69, 9.17) is 9.47 Å². The third-order valence-corrected chi connectivity index (χ3v) is 6.04. The fourth-order valence-corrected chi connectivity index (χ4v) is 4.04. The molecular weight excluding hydrogens is 452 g/mol. The molecule has 2 heterocycles. The summed E-state index contributed by atoms with van der Waals surface area (Å²) < 4.78 is 12.3. The maximum atomic E-state index is 13.0. The van der Waals surface area contributed by atoms with Crippen molar-refractivity contribution in [3.05, 3.63) is 68.8 Å². The summed E-state index contributed by atoms with van der Waals surface area (Å²) in [5.74, 6) is 0.618. The van der Waals surface area contributed by atoms with Crippen LogP contribution in [0.4, 0.5) is 11.4 Å². The van der Waals surface area contributed by atoms with Crippen LogP contribution in [0.5, 0.6) is 5.75 Å². The Morgan fingerprint density at radius 3 is 2.51 bits per heavy atom. The molecule has 3 aromatic rings. The number of hydrogen-bond donors (Lipinski definition) is 1. The summed E-state index contributed by atoms with van der Waals surface area (Å²) in [6, 6.07) is 10.5. The van der Waals surface area contributed by atoms with Crippen molar-refractivity contribution in [1.82, 2.24) is 9.55 Å². The van der Waals surface area contributed by atoms with E-state index in [1.165, 1.54) is 22.5 Å². The highest BCUT2D eigenvalue weighted by molar-refractivity contribution is 5.87. The van der Waals surface area contributed by atoms with E-state index in [0.29, 0.717) is 43.3 Å². The van der Waals surface area contributed by atoms with Gasteiger partial charge in [-0.05, 0) is 29.2 Å². The standard InChI is InChI=1S/C25H30N4O6/c1-25(2,3)17-4-6-19(7-5-17)35-15-18(30)14-28-16-26-21-13-22(27-8-10-34-11-9-27)23(29(32)33)12-20(21)24(28)31/h4-7,12-13,16,18,30H,8-11,14-15H2,1-3H3/t18-/m0/s1. The number of nitro groups is 1. The number of aliphatic hydroxyl groups is 1. The fraction of sp³-hybridized carbons (Fsp3) is 0.440. The van der Waals surface area contributed by atoms with Crippen LogP contribution in [0.3, 0.4) is 0 Å². The van der Waals surface area contributed by atoms with Gasteiger partial charge in [-0.15, -0.1) is 0 Å². The number of nitro benzene ring substituents is 1. The van der Waals surface area contributed by atoms with E-state index in [2.05, 4.69) is 25.8 Å². The molecule has 0 amide bonds. The molecule has 1 fully saturated rings. The molecule has 2 aromatic carbocycles. The molecule has 0 radical (unpaired) electrons. The van der Waals surface area contributed by atoms with Gasteiger partial charge in [0.05, 0.1) is 41.9 Å². The van der Waals surface area contributed by atoms with Crippen molar-refractivity contribution in [3.63, 3.8) is 0 Å². The van der Waals surface area contributed by atoms with Gasteiger partial charge < -0.3 is 19.5 Å². The van der Waals surface area contributed by atoms with Crippen LogP contribution >= 0.6 is 0 Å². The first-order valence-corrected chi connectivity index (χ1v) is 11.5. The fourth-order valence-electron chi connectivity index (χ4n) is 4.04. The quantitative estimate of drug-likeness (QED) is 0.403. The zero-order valence-corrected chi connectivity index (χ0v) is 20.1. The Morgan fingerprint density at radius 2 is 1.89 bits per heavy atom. The number of ether oxygens (including phenoxy) is 2. The summed E-state index contributed by atoms with van der Waals surface area (Å²) in [6.45, 7) is 8.30. The maximum absolute atomic E-state index is 13.0. The molecular formula is C25H30N4O6. The van der Waals surface area contributed by atoms with Crippen LogP contribution in [-0.2, 0) is 16.7 Å². The van der Waals surface area contributed by atoms with Gasteiger partial charge in [-0.25, -0.2) is 4.98 Å². The van der Waals surface area contributed by atoms with E-state index in [9.17, 15) is 20.0 Å². The summed E-state index contributed by atoms with van der Waals surface area (Å²) in [5.41, 5.74) is 1.37. The SMILES string of the molecule is CC(C)(C)c1ccc(OC[C@@H](O)Cn2cnc3cc(N4CCOCC4)c([N+](=O)[O-])cc3c2=O)cc1. The lowest BCUT2D eigenvalue weighted by molar-refractivity contribution is -0.384. The van der Waals surface area contributed by atoms with Gasteiger partial charge in [0, 0.05) is 19.2 Å². The van der Waals surface area contributed by atoms with Gasteiger partial charge in [-0.3, -0.25) is 19.5 Å². The molecule has 0 bridgehead atoms. The van der Waals surface area contributed by atoms with E-state index in [-0.39, 0.29) is 29.6 Å². The Morgan fingerprint density at radius 1 is 1.20 bits per heavy atom. The minimum Gasteiger partial charge on any atom is -0.491 e. The van der Waals surface area contributed by atoms with Crippen molar-refractivity contribution < 1.29 is 19.5 Å². The first kappa shape index (κ1) is 24.6. The molecule has 0 spiro atoms. The molecule has 1 N–H and O–H groups in total. The minimum atomic E-state index is -0.975. The average Bonchev–Trinajstić information content (AvgIpc) is 2.84. The Balaban J connectivity index is 1.50. The molecule has 1 aliphatic heterocycles. The number of anilines is 1. The number of aromatic nitrogens is 2. The monoisotopic (exact) mass is 482 g/mol. The predicted octanol–water partition coefficient (Wildman–Crippen LogP) is 2.88. The Hall–Kier alpha value is -3.50.